The van der Waals surface area contributed by atoms with Gasteiger partial charge in [-0.05, 0) is 39.8 Å². The first-order chi connectivity index (χ1) is 13.1. The van der Waals surface area contributed by atoms with E-state index in [9.17, 15) is 19.2 Å². The molecule has 0 aliphatic heterocycles. The molecule has 0 bridgehead atoms. The minimum Gasteiger partial charge on any atom is -0.453 e. The van der Waals surface area contributed by atoms with Gasteiger partial charge in [-0.1, -0.05) is 6.08 Å². The fourth-order valence-electron chi connectivity index (χ4n) is 1.54. The van der Waals surface area contributed by atoms with Crippen LogP contribution in [-0.2, 0) is 33.4 Å². The molecule has 0 aromatic rings. The quantitative estimate of drug-likeness (QED) is 0.234. The SMILES string of the molecule is C=CC.COC(OC(=O)C(C)=CC(=O)CO)C(C)OC(=O)C(C)=CC(=O)CO. The summed E-state index contributed by atoms with van der Waals surface area (Å²) in [6.07, 6.45) is 1.32. The Morgan fingerprint density at radius 3 is 1.61 bits per heavy atom. The van der Waals surface area contributed by atoms with Crippen molar-refractivity contribution >= 4 is 23.5 Å². The topological polar surface area (TPSA) is 136 Å². The zero-order valence-corrected chi connectivity index (χ0v) is 16.8. The minimum absolute atomic E-state index is 0.0447. The first kappa shape index (κ1) is 27.6. The van der Waals surface area contributed by atoms with Gasteiger partial charge in [0, 0.05) is 18.3 Å². The van der Waals surface area contributed by atoms with Crippen LogP contribution >= 0.6 is 0 Å². The van der Waals surface area contributed by atoms with Gasteiger partial charge < -0.3 is 24.4 Å². The van der Waals surface area contributed by atoms with Crippen molar-refractivity contribution < 1.29 is 43.6 Å². The number of methoxy groups -OCH3 is 1. The lowest BCUT2D eigenvalue weighted by Gasteiger charge is -2.22. The van der Waals surface area contributed by atoms with E-state index in [-0.39, 0.29) is 11.1 Å². The highest BCUT2D eigenvalue weighted by Gasteiger charge is 2.26. The van der Waals surface area contributed by atoms with Crippen molar-refractivity contribution in [2.45, 2.75) is 40.1 Å². The molecule has 2 unspecified atom stereocenters. The molecule has 158 valence electrons. The molecule has 0 saturated carbocycles. The van der Waals surface area contributed by atoms with Crippen LogP contribution in [-0.4, -0.2) is 66.4 Å². The standard InChI is InChI=1S/C16H22O9.C3H6/c1-9(5-12(19)7-17)14(21)24-11(3)16(23-4)25-15(22)10(2)6-13(20)8-18;1-3-2/h5-6,11,16-18H,7-8H2,1-4H3;3H,1H2,2H3. The average Bonchev–Trinajstić information content (AvgIpc) is 2.65. The largest absolute Gasteiger partial charge is 0.453 e. The van der Waals surface area contributed by atoms with Crippen molar-refractivity contribution in [2.24, 2.45) is 0 Å². The molecule has 0 fully saturated rings. The number of ether oxygens (including phenoxy) is 3. The average molecular weight is 400 g/mol. The van der Waals surface area contributed by atoms with E-state index in [2.05, 4.69) is 6.58 Å². The summed E-state index contributed by atoms with van der Waals surface area (Å²) in [5.41, 5.74) is -0.110. The Hall–Kier alpha value is -2.62. The predicted octanol–water partition coefficient (Wildman–Crippen LogP) is 0.641. The van der Waals surface area contributed by atoms with E-state index >= 15 is 0 Å². The van der Waals surface area contributed by atoms with Crippen molar-refractivity contribution in [1.29, 1.82) is 0 Å². The zero-order chi connectivity index (χ0) is 22.3. The van der Waals surface area contributed by atoms with Gasteiger partial charge in [0.1, 0.15) is 13.2 Å². The summed E-state index contributed by atoms with van der Waals surface area (Å²) >= 11 is 0. The highest BCUT2D eigenvalue weighted by Crippen LogP contribution is 2.11. The third-order valence-electron chi connectivity index (χ3n) is 2.84. The molecular formula is C19H28O9. The van der Waals surface area contributed by atoms with Crippen LogP contribution in [0.15, 0.2) is 36.0 Å². The van der Waals surface area contributed by atoms with Crippen LogP contribution in [0.4, 0.5) is 0 Å². The fourth-order valence-corrected chi connectivity index (χ4v) is 1.54. The van der Waals surface area contributed by atoms with Gasteiger partial charge in [0.25, 0.3) is 0 Å². The van der Waals surface area contributed by atoms with Crippen LogP contribution in [0, 0.1) is 0 Å². The predicted molar refractivity (Wildman–Crippen MR) is 100 cm³/mol. The van der Waals surface area contributed by atoms with E-state index in [0.29, 0.717) is 0 Å². The second-order valence-electron chi connectivity index (χ2n) is 5.43. The van der Waals surface area contributed by atoms with Crippen LogP contribution in [0.25, 0.3) is 0 Å². The zero-order valence-electron chi connectivity index (χ0n) is 16.8. The highest BCUT2D eigenvalue weighted by atomic mass is 16.7. The van der Waals surface area contributed by atoms with Crippen molar-refractivity contribution in [2.75, 3.05) is 20.3 Å². The Balaban J connectivity index is 0. The Kier molecular flexibility index (Phi) is 15.2. The van der Waals surface area contributed by atoms with Crippen LogP contribution in [0.5, 0.6) is 0 Å². The number of hydrogen-bond acceptors (Lipinski definition) is 9. The molecular weight excluding hydrogens is 372 g/mol. The van der Waals surface area contributed by atoms with Crippen molar-refractivity contribution in [3.8, 4) is 0 Å². The minimum atomic E-state index is -1.26. The Morgan fingerprint density at radius 1 is 0.929 bits per heavy atom. The number of carbonyl (C=O) groups is 4. The van der Waals surface area contributed by atoms with E-state index < -0.39 is 49.1 Å². The molecule has 0 amide bonds. The Labute approximate surface area is 164 Å². The van der Waals surface area contributed by atoms with Gasteiger partial charge >= 0.3 is 11.9 Å². The monoisotopic (exact) mass is 400 g/mol. The number of rotatable bonds is 10. The maximum Gasteiger partial charge on any atom is 0.336 e. The number of esters is 2. The van der Waals surface area contributed by atoms with E-state index in [0.717, 1.165) is 12.2 Å². The number of allylic oxidation sites excluding steroid dienone is 1. The van der Waals surface area contributed by atoms with Gasteiger partial charge in [-0.15, -0.1) is 6.58 Å². The highest BCUT2D eigenvalue weighted by molar-refractivity contribution is 6.00. The molecule has 0 rings (SSSR count). The second kappa shape index (κ2) is 15.4. The van der Waals surface area contributed by atoms with Crippen LogP contribution in [0.3, 0.4) is 0 Å². The molecule has 0 saturated heterocycles. The van der Waals surface area contributed by atoms with Crippen LogP contribution < -0.4 is 0 Å². The van der Waals surface area contributed by atoms with E-state index in [1.165, 1.54) is 27.9 Å². The van der Waals surface area contributed by atoms with Crippen LogP contribution in [0.2, 0.25) is 0 Å². The smallest absolute Gasteiger partial charge is 0.336 e. The maximum atomic E-state index is 11.8. The summed E-state index contributed by atoms with van der Waals surface area (Å²) in [4.78, 5) is 45.8. The van der Waals surface area contributed by atoms with Gasteiger partial charge in [-0.2, -0.15) is 0 Å². The van der Waals surface area contributed by atoms with Gasteiger partial charge in [-0.25, -0.2) is 9.59 Å². The van der Waals surface area contributed by atoms with Crippen molar-refractivity contribution in [3.63, 3.8) is 0 Å². The Morgan fingerprint density at radius 2 is 1.29 bits per heavy atom. The van der Waals surface area contributed by atoms with Crippen molar-refractivity contribution in [3.05, 3.63) is 36.0 Å². The number of aliphatic hydroxyl groups is 2. The van der Waals surface area contributed by atoms with E-state index in [4.69, 9.17) is 24.4 Å². The third kappa shape index (κ3) is 11.9. The molecule has 28 heavy (non-hydrogen) atoms. The summed E-state index contributed by atoms with van der Waals surface area (Å²) in [6, 6.07) is 0. The Bertz CT molecular complexity index is 617. The van der Waals surface area contributed by atoms with Crippen molar-refractivity contribution in [1.82, 2.24) is 0 Å². The fraction of sp³-hybridized carbons (Fsp3) is 0.474. The molecule has 0 aliphatic rings. The summed E-state index contributed by atoms with van der Waals surface area (Å²) < 4.78 is 14.9. The molecule has 9 nitrogen and oxygen atoms in total. The molecule has 0 aromatic heterocycles. The molecule has 2 N–H and O–H groups in total. The first-order valence-electron chi connectivity index (χ1n) is 8.23. The number of hydrogen-bond donors (Lipinski definition) is 2. The van der Waals surface area contributed by atoms with E-state index in [1.54, 1.807) is 6.08 Å². The molecule has 0 aliphatic carbocycles. The lowest BCUT2D eigenvalue weighted by Crippen LogP contribution is -2.35. The lowest BCUT2D eigenvalue weighted by atomic mass is 10.2. The molecule has 0 spiro atoms. The van der Waals surface area contributed by atoms with E-state index in [1.807, 2.05) is 6.92 Å². The summed E-state index contributed by atoms with van der Waals surface area (Å²) in [6.45, 7) is 7.80. The summed E-state index contributed by atoms with van der Waals surface area (Å²) in [5.74, 6) is -3.07. The number of carbonyl (C=O) groups excluding carboxylic acids is 4. The normalized spacial score (nSPS) is 13.4. The summed E-state index contributed by atoms with van der Waals surface area (Å²) in [5, 5.41) is 17.3. The molecule has 0 heterocycles. The van der Waals surface area contributed by atoms with Gasteiger partial charge in [-0.3, -0.25) is 9.59 Å². The molecule has 0 aromatic carbocycles. The number of ketones is 2. The summed E-state index contributed by atoms with van der Waals surface area (Å²) in [7, 11) is 1.22. The molecule has 2 atom stereocenters. The molecule has 9 heteroatoms. The second-order valence-corrected chi connectivity index (χ2v) is 5.43. The lowest BCUT2D eigenvalue weighted by molar-refractivity contribution is -0.199. The van der Waals surface area contributed by atoms with Crippen LogP contribution in [0.1, 0.15) is 27.7 Å². The number of aliphatic hydroxyl groups excluding tert-OH is 2. The first-order valence-corrected chi connectivity index (χ1v) is 8.23. The van der Waals surface area contributed by atoms with Gasteiger partial charge in [0.05, 0.1) is 0 Å². The maximum absolute atomic E-state index is 11.8. The molecule has 0 radical (unpaired) electrons. The third-order valence-corrected chi connectivity index (χ3v) is 2.84. The van der Waals surface area contributed by atoms with Gasteiger partial charge in [0.15, 0.2) is 17.7 Å². The van der Waals surface area contributed by atoms with Gasteiger partial charge in [0.2, 0.25) is 6.29 Å².